The van der Waals surface area contributed by atoms with Crippen molar-refractivity contribution in [3.05, 3.63) is 28.7 Å². The summed E-state index contributed by atoms with van der Waals surface area (Å²) in [5, 5.41) is 2.80. The largest absolute Gasteiger partial charge is 0.325 e. The standard InChI is InChI=1S/C12H16N4O2/c1-3-16(4-2)12(18)13-8-5-6-9-10(7-8)15-11(17)14-9/h5-7H,3-4H2,1-2H3,(H,13,18)(H2,14,15,17). The smallest absolute Gasteiger partial charge is 0.323 e. The van der Waals surface area contributed by atoms with Gasteiger partial charge in [0.1, 0.15) is 0 Å². The molecule has 1 aromatic carbocycles. The Labute approximate surface area is 104 Å². The lowest BCUT2D eigenvalue weighted by Crippen LogP contribution is -2.34. The van der Waals surface area contributed by atoms with Crippen molar-refractivity contribution in [2.24, 2.45) is 0 Å². The lowest BCUT2D eigenvalue weighted by atomic mass is 10.3. The summed E-state index contributed by atoms with van der Waals surface area (Å²) in [5.74, 6) is 0. The van der Waals surface area contributed by atoms with Gasteiger partial charge in [-0.05, 0) is 32.0 Å². The zero-order valence-corrected chi connectivity index (χ0v) is 10.4. The van der Waals surface area contributed by atoms with Crippen LogP contribution in [0.25, 0.3) is 11.0 Å². The molecule has 1 aromatic heterocycles. The van der Waals surface area contributed by atoms with Crippen LogP contribution in [-0.4, -0.2) is 34.0 Å². The molecule has 1 heterocycles. The molecule has 0 aliphatic rings. The molecule has 0 spiro atoms. The van der Waals surface area contributed by atoms with Gasteiger partial charge in [-0.1, -0.05) is 0 Å². The van der Waals surface area contributed by atoms with E-state index in [-0.39, 0.29) is 11.7 Å². The third-order valence-electron chi connectivity index (χ3n) is 2.82. The molecule has 2 aromatic rings. The van der Waals surface area contributed by atoms with Gasteiger partial charge in [0.15, 0.2) is 0 Å². The first-order valence-electron chi connectivity index (χ1n) is 5.92. The summed E-state index contributed by atoms with van der Waals surface area (Å²) in [4.78, 5) is 30.0. The van der Waals surface area contributed by atoms with Gasteiger partial charge in [0.25, 0.3) is 0 Å². The molecule has 2 amide bonds. The molecule has 0 aliphatic carbocycles. The average molecular weight is 248 g/mol. The van der Waals surface area contributed by atoms with Crippen LogP contribution in [0.2, 0.25) is 0 Å². The zero-order valence-electron chi connectivity index (χ0n) is 10.4. The zero-order chi connectivity index (χ0) is 13.1. The summed E-state index contributed by atoms with van der Waals surface area (Å²) in [6.45, 7) is 5.17. The van der Waals surface area contributed by atoms with Crippen LogP contribution in [-0.2, 0) is 0 Å². The molecule has 0 unspecified atom stereocenters. The molecule has 0 radical (unpaired) electrons. The van der Waals surface area contributed by atoms with Crippen LogP contribution in [0.1, 0.15) is 13.8 Å². The van der Waals surface area contributed by atoms with Gasteiger partial charge >= 0.3 is 11.7 Å². The van der Waals surface area contributed by atoms with Crippen molar-refractivity contribution in [2.75, 3.05) is 18.4 Å². The number of hydrogen-bond donors (Lipinski definition) is 3. The number of aromatic nitrogens is 2. The number of H-pyrrole nitrogens is 2. The van der Waals surface area contributed by atoms with Crippen molar-refractivity contribution in [2.45, 2.75) is 13.8 Å². The Bertz CT molecular complexity index is 610. The highest BCUT2D eigenvalue weighted by molar-refractivity contribution is 5.91. The van der Waals surface area contributed by atoms with E-state index in [4.69, 9.17) is 0 Å². The third-order valence-corrected chi connectivity index (χ3v) is 2.82. The molecule has 0 saturated carbocycles. The van der Waals surface area contributed by atoms with Gasteiger partial charge in [0, 0.05) is 18.8 Å². The van der Waals surface area contributed by atoms with E-state index in [1.165, 1.54) is 0 Å². The van der Waals surface area contributed by atoms with Crippen LogP contribution < -0.4 is 11.0 Å². The fraction of sp³-hybridized carbons (Fsp3) is 0.333. The molecule has 3 N–H and O–H groups in total. The maximum atomic E-state index is 11.9. The molecule has 0 atom stereocenters. The van der Waals surface area contributed by atoms with Gasteiger partial charge < -0.3 is 20.2 Å². The number of fused-ring (bicyclic) bond motifs is 1. The fourth-order valence-corrected chi connectivity index (χ4v) is 1.82. The maximum absolute atomic E-state index is 11.9. The van der Waals surface area contributed by atoms with E-state index < -0.39 is 0 Å². The Kier molecular flexibility index (Phi) is 3.36. The van der Waals surface area contributed by atoms with Crippen LogP contribution in [0.5, 0.6) is 0 Å². The highest BCUT2D eigenvalue weighted by Gasteiger charge is 2.09. The van der Waals surface area contributed by atoms with E-state index in [0.717, 1.165) is 5.52 Å². The number of rotatable bonds is 3. The van der Waals surface area contributed by atoms with Crippen LogP contribution in [0.4, 0.5) is 10.5 Å². The molecule has 96 valence electrons. The second-order valence-electron chi connectivity index (χ2n) is 3.94. The van der Waals surface area contributed by atoms with Crippen LogP contribution in [0.3, 0.4) is 0 Å². The number of nitrogens with zero attached hydrogens (tertiary/aromatic N) is 1. The molecule has 0 bridgehead atoms. The summed E-state index contributed by atoms with van der Waals surface area (Å²) < 4.78 is 0. The Morgan fingerprint density at radius 2 is 1.89 bits per heavy atom. The minimum Gasteiger partial charge on any atom is -0.325 e. The first-order chi connectivity index (χ1) is 8.63. The van der Waals surface area contributed by atoms with Crippen LogP contribution in [0, 0.1) is 0 Å². The van der Waals surface area contributed by atoms with Gasteiger partial charge in [-0.15, -0.1) is 0 Å². The highest BCUT2D eigenvalue weighted by atomic mass is 16.2. The molecular weight excluding hydrogens is 232 g/mol. The van der Waals surface area contributed by atoms with Gasteiger partial charge in [-0.3, -0.25) is 0 Å². The SMILES string of the molecule is CCN(CC)C(=O)Nc1ccc2[nH]c(=O)[nH]c2c1. The second-order valence-corrected chi connectivity index (χ2v) is 3.94. The van der Waals surface area contributed by atoms with Crippen molar-refractivity contribution in [3.8, 4) is 0 Å². The lowest BCUT2D eigenvalue weighted by Gasteiger charge is -2.19. The summed E-state index contributed by atoms with van der Waals surface area (Å²) in [7, 11) is 0. The third kappa shape index (κ3) is 2.37. The van der Waals surface area contributed by atoms with Crippen molar-refractivity contribution in [1.29, 1.82) is 0 Å². The average Bonchev–Trinajstić information content (AvgIpc) is 2.70. The van der Waals surface area contributed by atoms with Crippen molar-refractivity contribution in [1.82, 2.24) is 14.9 Å². The van der Waals surface area contributed by atoms with Crippen molar-refractivity contribution in [3.63, 3.8) is 0 Å². The number of aromatic amines is 2. The van der Waals surface area contributed by atoms with E-state index in [9.17, 15) is 9.59 Å². The van der Waals surface area contributed by atoms with Crippen molar-refractivity contribution >= 4 is 22.8 Å². The second kappa shape index (κ2) is 4.95. The molecular formula is C12H16N4O2. The molecule has 6 heteroatoms. The number of imidazole rings is 1. The predicted octanol–water partition coefficient (Wildman–Crippen LogP) is 1.73. The van der Waals surface area contributed by atoms with Gasteiger partial charge in [0.2, 0.25) is 0 Å². The lowest BCUT2D eigenvalue weighted by molar-refractivity contribution is 0.217. The quantitative estimate of drug-likeness (QED) is 0.773. The van der Waals surface area contributed by atoms with Gasteiger partial charge in [-0.25, -0.2) is 9.59 Å². The minimum absolute atomic E-state index is 0.141. The number of carbonyl (C=O) groups excluding carboxylic acids is 1. The molecule has 0 saturated heterocycles. The molecule has 0 aliphatic heterocycles. The Balaban J connectivity index is 2.21. The fourth-order valence-electron chi connectivity index (χ4n) is 1.82. The monoisotopic (exact) mass is 248 g/mol. The Morgan fingerprint density at radius 3 is 2.56 bits per heavy atom. The number of benzene rings is 1. The first-order valence-corrected chi connectivity index (χ1v) is 5.92. The van der Waals surface area contributed by atoms with E-state index in [1.807, 2.05) is 13.8 Å². The number of carbonyl (C=O) groups is 1. The van der Waals surface area contributed by atoms with Gasteiger partial charge in [0.05, 0.1) is 11.0 Å². The summed E-state index contributed by atoms with van der Waals surface area (Å²) >= 11 is 0. The number of amides is 2. The van der Waals surface area contributed by atoms with E-state index in [1.54, 1.807) is 23.1 Å². The van der Waals surface area contributed by atoms with Crippen molar-refractivity contribution < 1.29 is 4.79 Å². The molecule has 6 nitrogen and oxygen atoms in total. The first kappa shape index (κ1) is 12.2. The molecule has 18 heavy (non-hydrogen) atoms. The van der Waals surface area contributed by atoms with E-state index in [0.29, 0.717) is 24.3 Å². The number of nitrogens with one attached hydrogen (secondary N) is 3. The maximum Gasteiger partial charge on any atom is 0.323 e. The predicted molar refractivity (Wildman–Crippen MR) is 70.9 cm³/mol. The van der Waals surface area contributed by atoms with Gasteiger partial charge in [-0.2, -0.15) is 0 Å². The minimum atomic E-state index is -0.253. The molecule has 0 fully saturated rings. The Morgan fingerprint density at radius 1 is 1.22 bits per heavy atom. The van der Waals surface area contributed by atoms with E-state index >= 15 is 0 Å². The topological polar surface area (TPSA) is 81.0 Å². The molecule has 2 rings (SSSR count). The van der Waals surface area contributed by atoms with Crippen LogP contribution >= 0.6 is 0 Å². The summed E-state index contributed by atoms with van der Waals surface area (Å²) in [5.41, 5.74) is 1.81. The highest BCUT2D eigenvalue weighted by Crippen LogP contribution is 2.14. The summed E-state index contributed by atoms with van der Waals surface area (Å²) in [6, 6.07) is 5.10. The van der Waals surface area contributed by atoms with E-state index in [2.05, 4.69) is 15.3 Å². The number of anilines is 1. The number of urea groups is 1. The summed E-state index contributed by atoms with van der Waals surface area (Å²) in [6.07, 6.45) is 0. The Hall–Kier alpha value is -2.24. The number of hydrogen-bond acceptors (Lipinski definition) is 2. The normalized spacial score (nSPS) is 10.6. The van der Waals surface area contributed by atoms with Crippen LogP contribution in [0.15, 0.2) is 23.0 Å².